The molecule has 0 N–H and O–H groups in total. The van der Waals surface area contributed by atoms with Gasteiger partial charge in [0.2, 0.25) is 0 Å². The van der Waals surface area contributed by atoms with Crippen LogP contribution in [0.3, 0.4) is 0 Å². The minimum absolute atomic E-state index is 1.11. The summed E-state index contributed by atoms with van der Waals surface area (Å²) in [5.41, 5.74) is 18.1. The van der Waals surface area contributed by atoms with Crippen LogP contribution in [0, 0.1) is 13.8 Å². The highest BCUT2D eigenvalue weighted by Gasteiger charge is 2.14. The molecule has 0 spiro atoms. The van der Waals surface area contributed by atoms with Crippen molar-refractivity contribution in [3.63, 3.8) is 0 Å². The number of aryl methyl sites for hydroxylation is 2. The van der Waals surface area contributed by atoms with E-state index in [1.165, 1.54) is 66.8 Å². The molecule has 0 aliphatic carbocycles. The van der Waals surface area contributed by atoms with Gasteiger partial charge >= 0.3 is 0 Å². The second-order valence-electron chi connectivity index (χ2n) is 13.2. The van der Waals surface area contributed by atoms with E-state index < -0.39 is 0 Å². The molecule has 0 heterocycles. The number of hydrogen-bond donors (Lipinski definition) is 0. The van der Waals surface area contributed by atoms with Gasteiger partial charge in [-0.3, -0.25) is 0 Å². The van der Waals surface area contributed by atoms with Gasteiger partial charge in [0.15, 0.2) is 0 Å². The average Bonchev–Trinajstić information content (AvgIpc) is 3.19. The molecule has 0 atom stereocenters. The van der Waals surface area contributed by atoms with Crippen molar-refractivity contribution in [3.8, 4) is 55.6 Å². The zero-order valence-electron chi connectivity index (χ0n) is 29.0. The van der Waals surface area contributed by atoms with E-state index in [1.807, 2.05) is 0 Å². The van der Waals surface area contributed by atoms with Crippen LogP contribution >= 0.6 is 0 Å². The Hall–Kier alpha value is -6.44. The van der Waals surface area contributed by atoms with Crippen LogP contribution in [0.4, 0.5) is 17.1 Å². The molecule has 0 aliphatic rings. The first-order valence-electron chi connectivity index (χ1n) is 17.6. The molecule has 0 aliphatic heterocycles. The van der Waals surface area contributed by atoms with Crippen molar-refractivity contribution < 1.29 is 0 Å². The maximum atomic E-state index is 2.33. The summed E-state index contributed by atoms with van der Waals surface area (Å²) < 4.78 is 0. The van der Waals surface area contributed by atoms with Gasteiger partial charge in [0.05, 0.1) is 0 Å². The molecular formula is C50H39N. The van der Waals surface area contributed by atoms with Gasteiger partial charge in [-0.2, -0.15) is 0 Å². The van der Waals surface area contributed by atoms with Gasteiger partial charge in [-0.25, -0.2) is 0 Å². The van der Waals surface area contributed by atoms with E-state index in [4.69, 9.17) is 0 Å². The Morgan fingerprint density at radius 3 is 0.765 bits per heavy atom. The zero-order chi connectivity index (χ0) is 34.6. The van der Waals surface area contributed by atoms with Gasteiger partial charge in [-0.1, -0.05) is 175 Å². The third kappa shape index (κ3) is 7.02. The molecule has 51 heavy (non-hydrogen) atoms. The summed E-state index contributed by atoms with van der Waals surface area (Å²) >= 11 is 0. The standard InChI is InChI=1S/C50H39N/c1-36-33-37(2)35-47(34-36)46-19-17-41(18-20-46)40-13-15-42(16-14-40)45-25-31-50(32-26-45)51(48-27-21-43(22-28-48)38-9-5-3-6-10-38)49-29-23-44(24-30-49)39-11-7-4-8-12-39/h3-35H,1-2H3. The molecule has 0 saturated heterocycles. The van der Waals surface area contributed by atoms with E-state index in [0.717, 1.165) is 17.1 Å². The molecule has 1 nitrogen and oxygen atoms in total. The molecule has 8 aromatic carbocycles. The summed E-state index contributed by atoms with van der Waals surface area (Å²) in [4.78, 5) is 2.33. The summed E-state index contributed by atoms with van der Waals surface area (Å²) in [5, 5.41) is 0. The third-order valence-corrected chi connectivity index (χ3v) is 9.58. The molecule has 0 amide bonds. The second kappa shape index (κ2) is 14.2. The Morgan fingerprint density at radius 2 is 0.471 bits per heavy atom. The molecule has 8 aromatic rings. The van der Waals surface area contributed by atoms with Gasteiger partial charge in [0, 0.05) is 17.1 Å². The summed E-state index contributed by atoms with van der Waals surface area (Å²) in [6.07, 6.45) is 0. The fourth-order valence-electron chi connectivity index (χ4n) is 6.97. The summed E-state index contributed by atoms with van der Waals surface area (Å²) in [6.45, 7) is 4.32. The molecule has 0 aromatic heterocycles. The fraction of sp³-hybridized carbons (Fsp3) is 0.0400. The summed E-state index contributed by atoms with van der Waals surface area (Å²) in [5.74, 6) is 0. The maximum absolute atomic E-state index is 2.33. The Balaban J connectivity index is 1.06. The van der Waals surface area contributed by atoms with Crippen LogP contribution in [-0.4, -0.2) is 0 Å². The van der Waals surface area contributed by atoms with Crippen LogP contribution in [0.1, 0.15) is 11.1 Å². The molecular weight excluding hydrogens is 615 g/mol. The lowest BCUT2D eigenvalue weighted by atomic mass is 9.96. The van der Waals surface area contributed by atoms with E-state index in [9.17, 15) is 0 Å². The molecule has 0 unspecified atom stereocenters. The quantitative estimate of drug-likeness (QED) is 0.158. The highest BCUT2D eigenvalue weighted by Crippen LogP contribution is 2.38. The monoisotopic (exact) mass is 653 g/mol. The van der Waals surface area contributed by atoms with E-state index in [1.54, 1.807) is 0 Å². The molecule has 0 saturated carbocycles. The predicted molar refractivity (Wildman–Crippen MR) is 218 cm³/mol. The molecule has 0 fully saturated rings. The number of nitrogens with zero attached hydrogens (tertiary/aromatic N) is 1. The van der Waals surface area contributed by atoms with Crippen LogP contribution in [0.25, 0.3) is 55.6 Å². The van der Waals surface area contributed by atoms with Gasteiger partial charge in [-0.05, 0) is 106 Å². The van der Waals surface area contributed by atoms with E-state index in [0.29, 0.717) is 0 Å². The maximum Gasteiger partial charge on any atom is 0.0462 e. The van der Waals surface area contributed by atoms with Gasteiger partial charge in [0.25, 0.3) is 0 Å². The summed E-state index contributed by atoms with van der Waals surface area (Å²) in [6, 6.07) is 72.3. The number of hydrogen-bond acceptors (Lipinski definition) is 1. The fourth-order valence-corrected chi connectivity index (χ4v) is 6.97. The van der Waals surface area contributed by atoms with E-state index in [-0.39, 0.29) is 0 Å². The minimum atomic E-state index is 1.11. The molecule has 244 valence electrons. The van der Waals surface area contributed by atoms with Crippen molar-refractivity contribution in [2.45, 2.75) is 13.8 Å². The first kappa shape index (κ1) is 31.8. The Morgan fingerprint density at radius 1 is 0.235 bits per heavy atom. The minimum Gasteiger partial charge on any atom is -0.311 e. The lowest BCUT2D eigenvalue weighted by Crippen LogP contribution is -2.09. The van der Waals surface area contributed by atoms with Crippen molar-refractivity contribution in [2.24, 2.45) is 0 Å². The molecule has 0 bridgehead atoms. The topological polar surface area (TPSA) is 3.24 Å². The normalized spacial score (nSPS) is 10.9. The van der Waals surface area contributed by atoms with Crippen molar-refractivity contribution >= 4 is 17.1 Å². The number of benzene rings is 8. The summed E-state index contributed by atoms with van der Waals surface area (Å²) in [7, 11) is 0. The largest absolute Gasteiger partial charge is 0.311 e. The van der Waals surface area contributed by atoms with Crippen molar-refractivity contribution in [1.29, 1.82) is 0 Å². The number of rotatable bonds is 8. The van der Waals surface area contributed by atoms with Gasteiger partial charge in [0.1, 0.15) is 0 Å². The number of anilines is 3. The SMILES string of the molecule is Cc1cc(C)cc(-c2ccc(-c3ccc(-c4ccc(N(c5ccc(-c6ccccc6)cc5)c5ccc(-c6ccccc6)cc5)cc4)cc3)cc2)c1. The first-order valence-corrected chi connectivity index (χ1v) is 17.6. The van der Waals surface area contributed by atoms with Crippen LogP contribution in [0.2, 0.25) is 0 Å². The smallest absolute Gasteiger partial charge is 0.0462 e. The zero-order valence-corrected chi connectivity index (χ0v) is 29.0. The van der Waals surface area contributed by atoms with E-state index >= 15 is 0 Å². The lowest BCUT2D eigenvalue weighted by molar-refractivity contribution is 1.28. The van der Waals surface area contributed by atoms with Crippen molar-refractivity contribution in [3.05, 3.63) is 211 Å². The average molecular weight is 654 g/mol. The van der Waals surface area contributed by atoms with Crippen LogP contribution in [0.15, 0.2) is 200 Å². The first-order chi connectivity index (χ1) is 25.1. The molecule has 0 radical (unpaired) electrons. The van der Waals surface area contributed by atoms with Crippen molar-refractivity contribution in [2.75, 3.05) is 4.90 Å². The highest BCUT2D eigenvalue weighted by atomic mass is 15.1. The Labute approximate surface area is 301 Å². The Bertz CT molecular complexity index is 2250. The second-order valence-corrected chi connectivity index (χ2v) is 13.2. The molecule has 1 heteroatoms. The lowest BCUT2D eigenvalue weighted by Gasteiger charge is -2.26. The predicted octanol–water partition coefficient (Wildman–Crippen LogP) is 14.1. The third-order valence-electron chi connectivity index (χ3n) is 9.58. The Kier molecular flexibility index (Phi) is 8.85. The van der Waals surface area contributed by atoms with Crippen molar-refractivity contribution in [1.82, 2.24) is 0 Å². The van der Waals surface area contributed by atoms with Crippen LogP contribution in [0.5, 0.6) is 0 Å². The van der Waals surface area contributed by atoms with Gasteiger partial charge < -0.3 is 4.90 Å². The highest BCUT2D eigenvalue weighted by molar-refractivity contribution is 5.81. The molecule has 8 rings (SSSR count). The van der Waals surface area contributed by atoms with Crippen LogP contribution in [-0.2, 0) is 0 Å². The van der Waals surface area contributed by atoms with E-state index in [2.05, 4.69) is 219 Å². The van der Waals surface area contributed by atoms with Crippen LogP contribution < -0.4 is 4.90 Å². The van der Waals surface area contributed by atoms with Gasteiger partial charge in [-0.15, -0.1) is 0 Å².